The lowest BCUT2D eigenvalue weighted by atomic mass is 10.0. The van der Waals surface area contributed by atoms with Crippen LogP contribution in [0.2, 0.25) is 0 Å². The van der Waals surface area contributed by atoms with Crippen molar-refractivity contribution in [3.8, 4) is 5.88 Å². The number of fused-ring (bicyclic) bond motifs is 1. The summed E-state index contributed by atoms with van der Waals surface area (Å²) in [6, 6.07) is 7.01. The molecular formula is C20H29N3O4. The SMILES string of the molecule is C.COc1ccc2ccc(=O)n(C3CCN(C(=O)OC(C)(C)C)CC3)c2n1. The molecule has 0 bridgehead atoms. The van der Waals surface area contributed by atoms with Gasteiger partial charge in [0.05, 0.1) is 7.11 Å². The van der Waals surface area contributed by atoms with E-state index in [-0.39, 0.29) is 25.1 Å². The Kier molecular flexibility index (Phi) is 6.13. The number of likely N-dealkylation sites (tertiary alicyclic amines) is 1. The van der Waals surface area contributed by atoms with Gasteiger partial charge in [-0.1, -0.05) is 7.43 Å². The number of carbonyl (C=O) groups excluding carboxylic acids is 1. The van der Waals surface area contributed by atoms with Gasteiger partial charge in [0.15, 0.2) is 0 Å². The molecule has 1 aliphatic heterocycles. The first-order valence-corrected chi connectivity index (χ1v) is 8.83. The molecule has 0 N–H and O–H groups in total. The zero-order valence-corrected chi connectivity index (χ0v) is 15.7. The molecule has 1 aliphatic rings. The third kappa shape index (κ3) is 4.59. The van der Waals surface area contributed by atoms with Gasteiger partial charge in [-0.25, -0.2) is 4.79 Å². The number of hydrogen-bond acceptors (Lipinski definition) is 5. The maximum atomic E-state index is 12.5. The van der Waals surface area contributed by atoms with Crippen molar-refractivity contribution in [1.29, 1.82) is 0 Å². The van der Waals surface area contributed by atoms with E-state index in [2.05, 4.69) is 4.98 Å². The van der Waals surface area contributed by atoms with Crippen molar-refractivity contribution < 1.29 is 14.3 Å². The molecule has 7 nitrogen and oxygen atoms in total. The Morgan fingerprint density at radius 2 is 1.78 bits per heavy atom. The second-order valence-electron chi connectivity index (χ2n) is 7.51. The van der Waals surface area contributed by atoms with Crippen LogP contribution in [0.4, 0.5) is 4.79 Å². The van der Waals surface area contributed by atoms with Crippen LogP contribution in [0.3, 0.4) is 0 Å². The summed E-state index contributed by atoms with van der Waals surface area (Å²) in [7, 11) is 1.55. The fraction of sp³-hybridized carbons (Fsp3) is 0.550. The van der Waals surface area contributed by atoms with Crippen LogP contribution < -0.4 is 10.3 Å². The highest BCUT2D eigenvalue weighted by molar-refractivity contribution is 5.75. The van der Waals surface area contributed by atoms with Gasteiger partial charge < -0.3 is 14.4 Å². The lowest BCUT2D eigenvalue weighted by Gasteiger charge is -2.34. The molecule has 7 heteroatoms. The van der Waals surface area contributed by atoms with Crippen LogP contribution in [-0.2, 0) is 4.74 Å². The highest BCUT2D eigenvalue weighted by Gasteiger charge is 2.28. The molecule has 2 aromatic rings. The molecular weight excluding hydrogens is 346 g/mol. The Balaban J connectivity index is 0.00000261. The van der Waals surface area contributed by atoms with Crippen molar-refractivity contribution in [2.75, 3.05) is 20.2 Å². The van der Waals surface area contributed by atoms with Gasteiger partial charge in [0.1, 0.15) is 11.2 Å². The van der Waals surface area contributed by atoms with E-state index >= 15 is 0 Å². The summed E-state index contributed by atoms with van der Waals surface area (Å²) in [6.45, 7) is 6.66. The summed E-state index contributed by atoms with van der Waals surface area (Å²) >= 11 is 0. The number of rotatable bonds is 2. The van der Waals surface area contributed by atoms with E-state index in [1.165, 1.54) is 0 Å². The van der Waals surface area contributed by atoms with Gasteiger partial charge in [0, 0.05) is 36.7 Å². The van der Waals surface area contributed by atoms with Gasteiger partial charge >= 0.3 is 6.09 Å². The Bertz CT molecular complexity index is 862. The van der Waals surface area contributed by atoms with Crippen LogP contribution in [0, 0.1) is 0 Å². The molecule has 1 saturated heterocycles. The zero-order chi connectivity index (χ0) is 18.9. The van der Waals surface area contributed by atoms with Crippen LogP contribution in [0.15, 0.2) is 29.1 Å². The molecule has 0 saturated carbocycles. The monoisotopic (exact) mass is 375 g/mol. The molecule has 0 unspecified atom stereocenters. The van der Waals surface area contributed by atoms with Crippen molar-refractivity contribution >= 4 is 17.1 Å². The maximum absolute atomic E-state index is 12.5. The van der Waals surface area contributed by atoms with Crippen LogP contribution in [0.5, 0.6) is 5.88 Å². The van der Waals surface area contributed by atoms with E-state index in [0.717, 1.165) is 5.39 Å². The largest absolute Gasteiger partial charge is 0.481 e. The minimum absolute atomic E-state index is 0. The molecule has 27 heavy (non-hydrogen) atoms. The minimum atomic E-state index is -0.513. The molecule has 3 heterocycles. The zero-order valence-electron chi connectivity index (χ0n) is 15.7. The van der Waals surface area contributed by atoms with Crippen LogP contribution in [0.1, 0.15) is 47.1 Å². The summed E-state index contributed by atoms with van der Waals surface area (Å²) in [5, 5.41) is 0.889. The summed E-state index contributed by atoms with van der Waals surface area (Å²) in [5.41, 5.74) is 0.0163. The fourth-order valence-corrected chi connectivity index (χ4v) is 3.21. The van der Waals surface area contributed by atoms with Gasteiger partial charge in [-0.2, -0.15) is 4.98 Å². The highest BCUT2D eigenvalue weighted by atomic mass is 16.6. The van der Waals surface area contributed by atoms with Gasteiger partial charge in [-0.3, -0.25) is 9.36 Å². The molecule has 0 radical (unpaired) electrons. The standard InChI is InChI=1S/C19H25N3O4.CH4/c1-19(2,3)26-18(24)21-11-9-14(10-12-21)22-16(23)8-6-13-5-7-15(25-4)20-17(13)22;/h5-8,14H,9-12H2,1-4H3;1H4. The number of amides is 1. The lowest BCUT2D eigenvalue weighted by molar-refractivity contribution is 0.0189. The summed E-state index contributed by atoms with van der Waals surface area (Å²) in [4.78, 5) is 30.9. The first-order chi connectivity index (χ1) is 12.3. The number of ether oxygens (including phenoxy) is 2. The van der Waals surface area contributed by atoms with Crippen LogP contribution in [0.25, 0.3) is 11.0 Å². The summed E-state index contributed by atoms with van der Waals surface area (Å²) in [5.74, 6) is 0.475. The fourth-order valence-electron chi connectivity index (χ4n) is 3.21. The molecule has 1 fully saturated rings. The van der Waals surface area contributed by atoms with Crippen LogP contribution in [-0.4, -0.2) is 46.3 Å². The highest BCUT2D eigenvalue weighted by Crippen LogP contribution is 2.26. The third-order valence-corrected chi connectivity index (χ3v) is 4.44. The Morgan fingerprint density at radius 1 is 1.15 bits per heavy atom. The van der Waals surface area contributed by atoms with Crippen LogP contribution >= 0.6 is 0 Å². The van der Waals surface area contributed by atoms with Crippen molar-refractivity contribution in [1.82, 2.24) is 14.5 Å². The molecule has 2 aromatic heterocycles. The van der Waals surface area contributed by atoms with E-state index in [0.29, 0.717) is 37.5 Å². The normalized spacial score (nSPS) is 15.3. The van der Waals surface area contributed by atoms with E-state index < -0.39 is 5.60 Å². The molecule has 0 atom stereocenters. The molecule has 1 amide bonds. The maximum Gasteiger partial charge on any atom is 0.410 e. The average Bonchev–Trinajstić information content (AvgIpc) is 2.60. The average molecular weight is 375 g/mol. The Morgan fingerprint density at radius 3 is 2.37 bits per heavy atom. The second kappa shape index (κ2) is 7.98. The predicted octanol–water partition coefficient (Wildman–Crippen LogP) is 3.61. The number of carbonyl (C=O) groups is 1. The number of pyridine rings is 2. The number of piperidine rings is 1. The summed E-state index contributed by atoms with van der Waals surface area (Å²) in [6.07, 6.45) is 1.05. The van der Waals surface area contributed by atoms with E-state index in [1.807, 2.05) is 26.8 Å². The predicted molar refractivity (Wildman–Crippen MR) is 105 cm³/mol. The topological polar surface area (TPSA) is 73.7 Å². The molecule has 3 rings (SSSR count). The quantitative estimate of drug-likeness (QED) is 0.802. The number of aromatic nitrogens is 2. The second-order valence-corrected chi connectivity index (χ2v) is 7.51. The number of hydrogen-bond donors (Lipinski definition) is 0. The van der Waals surface area contributed by atoms with Gasteiger partial charge in [-0.15, -0.1) is 0 Å². The first kappa shape index (κ1) is 20.7. The first-order valence-electron chi connectivity index (χ1n) is 8.83. The van der Waals surface area contributed by atoms with Gasteiger partial charge in [0.25, 0.3) is 5.56 Å². The van der Waals surface area contributed by atoms with Crippen molar-refractivity contribution in [3.63, 3.8) is 0 Å². The van der Waals surface area contributed by atoms with Crippen molar-refractivity contribution in [3.05, 3.63) is 34.6 Å². The molecule has 148 valence electrons. The van der Waals surface area contributed by atoms with E-state index in [9.17, 15) is 9.59 Å². The van der Waals surface area contributed by atoms with Crippen molar-refractivity contribution in [2.45, 2.75) is 52.7 Å². The molecule has 0 aromatic carbocycles. The smallest absolute Gasteiger partial charge is 0.410 e. The van der Waals surface area contributed by atoms with Gasteiger partial charge in [0.2, 0.25) is 5.88 Å². The molecule has 0 spiro atoms. The van der Waals surface area contributed by atoms with Crippen molar-refractivity contribution in [2.24, 2.45) is 0 Å². The van der Waals surface area contributed by atoms with E-state index in [4.69, 9.17) is 9.47 Å². The Labute approximate surface area is 159 Å². The number of methoxy groups -OCH3 is 1. The lowest BCUT2D eigenvalue weighted by Crippen LogP contribution is -2.43. The van der Waals surface area contributed by atoms with E-state index in [1.54, 1.807) is 34.8 Å². The van der Waals surface area contributed by atoms with Gasteiger partial charge in [-0.05, 0) is 45.7 Å². The molecule has 0 aliphatic carbocycles. The minimum Gasteiger partial charge on any atom is -0.481 e. The summed E-state index contributed by atoms with van der Waals surface area (Å²) < 4.78 is 12.4. The third-order valence-electron chi connectivity index (χ3n) is 4.44. The number of nitrogens with zero attached hydrogens (tertiary/aromatic N) is 3. The Hall–Kier alpha value is -2.57.